The Hall–Kier alpha value is -0.830. The molecular formula is C12H15BrO2. The summed E-state index contributed by atoms with van der Waals surface area (Å²) in [5.74, 6) is 1.12. The molecule has 15 heavy (non-hydrogen) atoms. The first-order valence-corrected chi connectivity index (χ1v) is 5.74. The van der Waals surface area contributed by atoms with Gasteiger partial charge in [0.15, 0.2) is 5.78 Å². The molecule has 0 aliphatic carbocycles. The van der Waals surface area contributed by atoms with Gasteiger partial charge in [-0.25, -0.2) is 0 Å². The van der Waals surface area contributed by atoms with Crippen molar-refractivity contribution in [1.29, 1.82) is 0 Å². The second-order valence-corrected chi connectivity index (χ2v) is 4.73. The molecule has 0 amide bonds. The fraction of sp³-hybridized carbons (Fsp3) is 0.417. The molecule has 1 aromatic rings. The number of carbonyl (C=O) groups excluding carboxylic acids is 1. The summed E-state index contributed by atoms with van der Waals surface area (Å²) in [6.07, 6.45) is 0. The van der Waals surface area contributed by atoms with Crippen LogP contribution in [0.3, 0.4) is 0 Å². The van der Waals surface area contributed by atoms with Crippen LogP contribution in [0.15, 0.2) is 22.7 Å². The van der Waals surface area contributed by atoms with E-state index < -0.39 is 0 Å². The Balaban J connectivity index is 2.97. The van der Waals surface area contributed by atoms with Crippen molar-refractivity contribution in [3.05, 3.63) is 28.2 Å². The van der Waals surface area contributed by atoms with Crippen molar-refractivity contribution in [3.8, 4) is 5.75 Å². The van der Waals surface area contributed by atoms with Crippen LogP contribution >= 0.6 is 15.9 Å². The van der Waals surface area contributed by atoms with Gasteiger partial charge in [0.1, 0.15) is 5.75 Å². The van der Waals surface area contributed by atoms with Crippen LogP contribution in [0.5, 0.6) is 5.75 Å². The van der Waals surface area contributed by atoms with Gasteiger partial charge in [-0.05, 0) is 40.9 Å². The van der Waals surface area contributed by atoms with Gasteiger partial charge in [0, 0.05) is 0 Å². The summed E-state index contributed by atoms with van der Waals surface area (Å²) in [5, 5.41) is 0. The van der Waals surface area contributed by atoms with Crippen LogP contribution in [-0.2, 0) is 0 Å². The molecule has 0 radical (unpaired) electrons. The maximum atomic E-state index is 11.4. The number of para-hydroxylation sites is 1. The summed E-state index contributed by atoms with van der Waals surface area (Å²) in [6.45, 7) is 6.31. The molecule has 0 aromatic heterocycles. The van der Waals surface area contributed by atoms with Gasteiger partial charge in [-0.2, -0.15) is 0 Å². The number of ketones is 1. The van der Waals surface area contributed by atoms with Crippen molar-refractivity contribution in [2.75, 3.05) is 6.61 Å². The first-order valence-electron chi connectivity index (χ1n) is 4.94. The van der Waals surface area contributed by atoms with Crippen LogP contribution in [0.1, 0.15) is 31.1 Å². The van der Waals surface area contributed by atoms with Gasteiger partial charge in [0.25, 0.3) is 0 Å². The Bertz CT molecular complexity index is 359. The predicted molar refractivity (Wildman–Crippen MR) is 64.5 cm³/mol. The van der Waals surface area contributed by atoms with E-state index in [4.69, 9.17) is 4.74 Å². The summed E-state index contributed by atoms with van der Waals surface area (Å²) in [6, 6.07) is 5.49. The van der Waals surface area contributed by atoms with E-state index in [2.05, 4.69) is 29.8 Å². The van der Waals surface area contributed by atoms with Crippen LogP contribution in [0.4, 0.5) is 0 Å². The van der Waals surface area contributed by atoms with E-state index in [9.17, 15) is 4.79 Å². The van der Waals surface area contributed by atoms with E-state index in [-0.39, 0.29) is 5.78 Å². The molecule has 3 heteroatoms. The van der Waals surface area contributed by atoms with E-state index in [1.165, 1.54) is 0 Å². The first kappa shape index (κ1) is 12.2. The lowest BCUT2D eigenvalue weighted by Crippen LogP contribution is -2.08. The largest absolute Gasteiger partial charge is 0.491 e. The summed E-state index contributed by atoms with van der Waals surface area (Å²) >= 11 is 3.39. The van der Waals surface area contributed by atoms with Crippen LogP contribution < -0.4 is 4.74 Å². The number of benzene rings is 1. The molecule has 0 saturated carbocycles. The molecule has 0 heterocycles. The van der Waals surface area contributed by atoms with Crippen LogP contribution in [-0.4, -0.2) is 12.4 Å². The van der Waals surface area contributed by atoms with Gasteiger partial charge < -0.3 is 4.74 Å². The van der Waals surface area contributed by atoms with Gasteiger partial charge in [-0.3, -0.25) is 4.79 Å². The second kappa shape index (κ2) is 5.31. The SMILES string of the molecule is CC(=O)c1cccc(Br)c1OCC(C)C. The Morgan fingerprint density at radius 3 is 2.67 bits per heavy atom. The Morgan fingerprint density at radius 1 is 1.47 bits per heavy atom. The number of halogens is 1. The normalized spacial score (nSPS) is 10.5. The lowest BCUT2D eigenvalue weighted by molar-refractivity contribution is 0.101. The van der Waals surface area contributed by atoms with Crippen molar-refractivity contribution in [1.82, 2.24) is 0 Å². The molecule has 1 aromatic carbocycles. The molecule has 0 unspecified atom stereocenters. The smallest absolute Gasteiger partial charge is 0.163 e. The maximum Gasteiger partial charge on any atom is 0.163 e. The standard InChI is InChI=1S/C12H15BrO2/c1-8(2)7-15-12-10(9(3)14)5-4-6-11(12)13/h4-6,8H,7H2,1-3H3. The fourth-order valence-electron chi connectivity index (χ4n) is 1.18. The van der Waals surface area contributed by atoms with Crippen molar-refractivity contribution in [3.63, 3.8) is 0 Å². The predicted octanol–water partition coefficient (Wildman–Crippen LogP) is 3.69. The molecule has 0 spiro atoms. The highest BCUT2D eigenvalue weighted by Crippen LogP contribution is 2.29. The quantitative estimate of drug-likeness (QED) is 0.781. The maximum absolute atomic E-state index is 11.4. The lowest BCUT2D eigenvalue weighted by Gasteiger charge is -2.13. The highest BCUT2D eigenvalue weighted by atomic mass is 79.9. The fourth-order valence-corrected chi connectivity index (χ4v) is 1.66. The van der Waals surface area contributed by atoms with Gasteiger partial charge in [0.05, 0.1) is 16.6 Å². The van der Waals surface area contributed by atoms with Gasteiger partial charge in [-0.15, -0.1) is 0 Å². The molecule has 2 nitrogen and oxygen atoms in total. The summed E-state index contributed by atoms with van der Waals surface area (Å²) in [7, 11) is 0. The third-order valence-electron chi connectivity index (χ3n) is 1.91. The number of Topliss-reactive ketones (excluding diaryl/α,β-unsaturated/α-hetero) is 1. The molecule has 0 N–H and O–H groups in total. The highest BCUT2D eigenvalue weighted by molar-refractivity contribution is 9.10. The molecule has 0 aliphatic rings. The molecule has 0 fully saturated rings. The number of rotatable bonds is 4. The average molecular weight is 271 g/mol. The third-order valence-corrected chi connectivity index (χ3v) is 2.53. The molecule has 0 aliphatic heterocycles. The van der Waals surface area contributed by atoms with Gasteiger partial charge >= 0.3 is 0 Å². The Kier molecular flexibility index (Phi) is 4.33. The van der Waals surface area contributed by atoms with Crippen LogP contribution in [0.25, 0.3) is 0 Å². The average Bonchev–Trinajstić information content (AvgIpc) is 2.15. The van der Waals surface area contributed by atoms with Gasteiger partial charge in [0.2, 0.25) is 0 Å². The number of hydrogen-bond acceptors (Lipinski definition) is 2. The van der Waals surface area contributed by atoms with E-state index in [1.54, 1.807) is 13.0 Å². The van der Waals surface area contributed by atoms with E-state index in [0.29, 0.717) is 23.8 Å². The van der Waals surface area contributed by atoms with Crippen molar-refractivity contribution >= 4 is 21.7 Å². The van der Waals surface area contributed by atoms with E-state index in [0.717, 1.165) is 4.47 Å². The molecule has 0 atom stereocenters. The number of ether oxygens (including phenoxy) is 1. The zero-order valence-corrected chi connectivity index (χ0v) is 10.8. The van der Waals surface area contributed by atoms with Crippen molar-refractivity contribution in [2.45, 2.75) is 20.8 Å². The lowest BCUT2D eigenvalue weighted by atomic mass is 10.1. The van der Waals surface area contributed by atoms with Crippen molar-refractivity contribution < 1.29 is 9.53 Å². The zero-order chi connectivity index (χ0) is 11.4. The molecular weight excluding hydrogens is 256 g/mol. The number of carbonyl (C=O) groups is 1. The second-order valence-electron chi connectivity index (χ2n) is 3.88. The first-order chi connectivity index (χ1) is 7.02. The zero-order valence-electron chi connectivity index (χ0n) is 9.21. The molecule has 0 bridgehead atoms. The molecule has 82 valence electrons. The summed E-state index contributed by atoms with van der Waals surface area (Å²) in [5.41, 5.74) is 0.630. The highest BCUT2D eigenvalue weighted by Gasteiger charge is 2.11. The molecule has 1 rings (SSSR count). The van der Waals surface area contributed by atoms with Gasteiger partial charge in [-0.1, -0.05) is 19.9 Å². The van der Waals surface area contributed by atoms with E-state index >= 15 is 0 Å². The minimum absolute atomic E-state index is 0.0232. The third kappa shape index (κ3) is 3.34. The Labute approximate surface area is 98.8 Å². The van der Waals surface area contributed by atoms with E-state index in [1.807, 2.05) is 12.1 Å². The summed E-state index contributed by atoms with van der Waals surface area (Å²) in [4.78, 5) is 11.4. The Morgan fingerprint density at radius 2 is 2.13 bits per heavy atom. The summed E-state index contributed by atoms with van der Waals surface area (Å²) < 4.78 is 6.45. The minimum atomic E-state index is 0.0232. The minimum Gasteiger partial charge on any atom is -0.491 e. The number of hydrogen-bond donors (Lipinski definition) is 0. The molecule has 0 saturated heterocycles. The topological polar surface area (TPSA) is 26.3 Å². The monoisotopic (exact) mass is 270 g/mol. The van der Waals surface area contributed by atoms with Crippen LogP contribution in [0.2, 0.25) is 0 Å². The van der Waals surface area contributed by atoms with Crippen molar-refractivity contribution in [2.24, 2.45) is 5.92 Å². The van der Waals surface area contributed by atoms with Crippen LogP contribution in [0, 0.1) is 5.92 Å².